The second-order valence-corrected chi connectivity index (χ2v) is 22.1. The highest BCUT2D eigenvalue weighted by Gasteiger charge is 2.46. The van der Waals surface area contributed by atoms with Gasteiger partial charge in [-0.05, 0) is 82.8 Å². The Kier molecular flexibility index (Phi) is 10.7. The van der Waals surface area contributed by atoms with Gasteiger partial charge in [-0.2, -0.15) is 0 Å². The van der Waals surface area contributed by atoms with Crippen LogP contribution < -0.4 is 8.61 Å². The number of halogens is 1. The molecule has 3 rings (SSSR count). The number of rotatable bonds is 11. The molecule has 3 aromatic rings. The molecule has 0 aliphatic carbocycles. The van der Waals surface area contributed by atoms with Crippen LogP contribution in [0.5, 0.6) is 11.5 Å². The molecule has 36 heavy (non-hydrogen) atoms. The normalized spacial score (nSPS) is 12.9. The molecule has 3 nitrogen and oxygen atoms in total. The lowest BCUT2D eigenvalue weighted by Crippen LogP contribution is -2.50. The van der Waals surface area contributed by atoms with Crippen LogP contribution in [0.1, 0.15) is 47.1 Å². The van der Waals surface area contributed by atoms with Gasteiger partial charge >= 0.3 is 0 Å². The van der Waals surface area contributed by atoms with Crippen molar-refractivity contribution in [3.8, 4) is 33.8 Å². The average Bonchev–Trinajstić information content (AvgIpc) is 2.82. The van der Waals surface area contributed by atoms with E-state index in [9.17, 15) is 0 Å². The van der Waals surface area contributed by atoms with E-state index in [-0.39, 0.29) is 7.53 Å². The molecule has 0 aliphatic heterocycles. The molecule has 0 N–H and O–H groups in total. The Morgan fingerprint density at radius 3 is 1.75 bits per heavy atom. The van der Waals surface area contributed by atoms with Crippen molar-refractivity contribution in [1.82, 2.24) is 0 Å². The molecule has 3 aromatic carbocycles. The molecule has 0 amide bonds. The molecule has 0 fully saturated rings. The molecule has 0 bridgehead atoms. The second kappa shape index (κ2) is 13.1. The minimum atomic E-state index is -1.98. The fraction of sp³-hybridized carbons (Fsp3) is 0.379. The van der Waals surface area contributed by atoms with Crippen molar-refractivity contribution in [3.05, 3.63) is 72.3 Å². The third kappa shape index (κ3) is 6.82. The van der Waals surface area contributed by atoms with Crippen molar-refractivity contribution < 1.29 is 13.3 Å². The first-order valence-electron chi connectivity index (χ1n) is 12.4. The monoisotopic (exact) mass is 652 g/mol. The minimum absolute atomic E-state index is 0.311. The van der Waals surface area contributed by atoms with Gasteiger partial charge in [0, 0.05) is 28.3 Å². The van der Waals surface area contributed by atoms with Gasteiger partial charge in [-0.25, -0.2) is 0 Å². The summed E-state index contributed by atoms with van der Waals surface area (Å²) in [5, 5.41) is 0. The van der Waals surface area contributed by atoms with Gasteiger partial charge in [-0.3, -0.25) is 0 Å². The summed E-state index contributed by atoms with van der Waals surface area (Å²) in [5.74, 6) is 1.83. The molecular formula is C29H38IO3PSSi. The molecule has 0 radical (unpaired) electrons. The van der Waals surface area contributed by atoms with Crippen LogP contribution in [-0.4, -0.2) is 15.4 Å². The number of methoxy groups -OCH3 is 1. The maximum absolute atomic E-state index is 6.87. The van der Waals surface area contributed by atoms with Crippen LogP contribution in [0.15, 0.2) is 66.7 Å². The fourth-order valence-corrected chi connectivity index (χ4v) is 11.8. The summed E-state index contributed by atoms with van der Waals surface area (Å²) in [6.45, 7) is 14.5. The van der Waals surface area contributed by atoms with Gasteiger partial charge in [0.15, 0.2) is 0 Å². The zero-order valence-electron chi connectivity index (χ0n) is 22.3. The standard InChI is InChI=1S/C29H38IO3PSSi/c1-20(2)36(21(3)4,22(5)6)33-28-15-10-24(11-16-28)29-17-12-25(18-26(29)19-31-7)23-8-13-27(14-9-23)32-35(30)34/h8-18,20-22,34H,19H2,1-7H3. The zero-order chi connectivity index (χ0) is 26.5. The average molecular weight is 653 g/mol. The summed E-state index contributed by atoms with van der Waals surface area (Å²) in [6, 6.07) is 23.4. The molecule has 0 saturated heterocycles. The highest BCUT2D eigenvalue weighted by atomic mass is 127. The van der Waals surface area contributed by atoms with Gasteiger partial charge in [-0.1, -0.05) is 77.9 Å². The van der Waals surface area contributed by atoms with Gasteiger partial charge < -0.3 is 13.3 Å². The molecule has 0 aromatic heterocycles. The summed E-state index contributed by atoms with van der Waals surface area (Å²) in [5.41, 5.74) is 7.44. The van der Waals surface area contributed by atoms with Crippen LogP contribution in [0, 0.1) is 0 Å². The molecular weight excluding hydrogens is 614 g/mol. The topological polar surface area (TPSA) is 27.7 Å². The van der Waals surface area contributed by atoms with Gasteiger partial charge in [0.1, 0.15) is 11.5 Å². The molecule has 0 spiro atoms. The number of ether oxygens (including phenoxy) is 1. The third-order valence-corrected chi connectivity index (χ3v) is 14.1. The summed E-state index contributed by atoms with van der Waals surface area (Å²) in [7, 11) is 2.95. The van der Waals surface area contributed by atoms with Gasteiger partial charge in [0.25, 0.3) is 8.32 Å². The van der Waals surface area contributed by atoms with Crippen LogP contribution in [0.4, 0.5) is 0 Å². The smallest absolute Gasteiger partial charge is 0.258 e. The lowest BCUT2D eigenvalue weighted by atomic mass is 9.95. The Hall–Kier alpha value is -1.18. The van der Waals surface area contributed by atoms with Crippen molar-refractivity contribution in [1.29, 1.82) is 0 Å². The van der Waals surface area contributed by atoms with E-state index in [4.69, 9.17) is 13.3 Å². The van der Waals surface area contributed by atoms with Gasteiger partial charge in [0.2, 0.25) is 0 Å². The largest absolute Gasteiger partial charge is 0.543 e. The molecule has 0 aliphatic rings. The summed E-state index contributed by atoms with van der Waals surface area (Å²) < 4.78 is 18.2. The van der Waals surface area contributed by atoms with E-state index in [0.29, 0.717) is 23.2 Å². The van der Waals surface area contributed by atoms with Crippen molar-refractivity contribution >= 4 is 45.1 Å². The van der Waals surface area contributed by atoms with Crippen molar-refractivity contribution in [2.24, 2.45) is 0 Å². The second-order valence-electron chi connectivity index (χ2n) is 10.1. The first-order chi connectivity index (χ1) is 17.1. The van der Waals surface area contributed by atoms with E-state index in [1.165, 1.54) is 11.1 Å². The third-order valence-electron chi connectivity index (χ3n) is 6.93. The maximum atomic E-state index is 6.87. The molecule has 1 atom stereocenters. The van der Waals surface area contributed by atoms with E-state index >= 15 is 0 Å². The van der Waals surface area contributed by atoms with Crippen molar-refractivity contribution in [2.45, 2.75) is 64.8 Å². The van der Waals surface area contributed by atoms with E-state index in [0.717, 1.165) is 28.2 Å². The number of benzene rings is 3. The maximum Gasteiger partial charge on any atom is 0.258 e. The lowest BCUT2D eigenvalue weighted by molar-refractivity contribution is 0.185. The summed E-state index contributed by atoms with van der Waals surface area (Å²) in [6.07, 6.45) is 0. The van der Waals surface area contributed by atoms with E-state index < -0.39 is 8.32 Å². The predicted octanol–water partition coefficient (Wildman–Crippen LogP) is 10.0. The Labute approximate surface area is 235 Å². The molecule has 1 unspecified atom stereocenters. The molecule has 0 saturated carbocycles. The van der Waals surface area contributed by atoms with E-state index in [1.54, 1.807) is 7.11 Å². The Bertz CT molecular complexity index is 1140. The number of hydrogen-bond acceptors (Lipinski definition) is 3. The Balaban J connectivity index is 1.90. The molecule has 7 heteroatoms. The lowest BCUT2D eigenvalue weighted by Gasteiger charge is -2.42. The zero-order valence-corrected chi connectivity index (χ0v) is 27.3. The first kappa shape index (κ1) is 29.4. The van der Waals surface area contributed by atoms with Crippen LogP contribution in [-0.2, 0) is 18.9 Å². The minimum Gasteiger partial charge on any atom is -0.543 e. The van der Waals surface area contributed by atoms with Crippen molar-refractivity contribution in [3.63, 3.8) is 0 Å². The van der Waals surface area contributed by atoms with Gasteiger partial charge in [-0.15, -0.1) is 0 Å². The van der Waals surface area contributed by atoms with E-state index in [2.05, 4.69) is 125 Å². The summed E-state index contributed by atoms with van der Waals surface area (Å²) in [4.78, 5) is 0. The van der Waals surface area contributed by atoms with Gasteiger partial charge in [0.05, 0.1) is 14.1 Å². The highest BCUT2D eigenvalue weighted by molar-refractivity contribution is 14.2. The quantitative estimate of drug-likeness (QED) is 0.117. The Morgan fingerprint density at radius 1 is 0.750 bits per heavy atom. The van der Waals surface area contributed by atoms with Crippen LogP contribution >= 0.6 is 29.2 Å². The SMILES string of the molecule is COCc1cc(-c2ccc(OS(=P)I)cc2)ccc1-c1ccc(O[Si](C(C)C)(C(C)C)C(C)C)cc1. The predicted molar refractivity (Wildman–Crippen MR) is 170 cm³/mol. The van der Waals surface area contributed by atoms with Crippen LogP contribution in [0.2, 0.25) is 16.6 Å². The molecule has 0 heterocycles. The van der Waals surface area contributed by atoms with E-state index in [1.807, 2.05) is 12.1 Å². The van der Waals surface area contributed by atoms with Crippen molar-refractivity contribution in [2.75, 3.05) is 7.11 Å². The highest BCUT2D eigenvalue weighted by Crippen LogP contribution is 2.43. The first-order valence-corrected chi connectivity index (χ1v) is 19.5. The molecule has 194 valence electrons. The van der Waals surface area contributed by atoms with Crippen LogP contribution in [0.3, 0.4) is 0 Å². The fourth-order valence-electron chi connectivity index (χ4n) is 5.38. The Morgan fingerprint density at radius 2 is 1.25 bits per heavy atom. The summed E-state index contributed by atoms with van der Waals surface area (Å²) >= 11 is 2.20. The number of hydrogen-bond donors (Lipinski definition) is 0. The van der Waals surface area contributed by atoms with Crippen LogP contribution in [0.25, 0.3) is 22.3 Å².